The van der Waals surface area contributed by atoms with Gasteiger partial charge in [0.25, 0.3) is 0 Å². The fourth-order valence-electron chi connectivity index (χ4n) is 3.49. The number of nitrogens with zero attached hydrogens (tertiary/aromatic N) is 1. The number of carbonyl (C=O) groups excluding carboxylic acids is 1. The molecule has 7 heteroatoms. The molecule has 0 aromatic heterocycles. The molecule has 0 aliphatic carbocycles. The van der Waals surface area contributed by atoms with E-state index in [9.17, 15) is 4.79 Å². The van der Waals surface area contributed by atoms with Crippen molar-refractivity contribution in [3.05, 3.63) is 59.7 Å². The largest absolute Gasteiger partial charge is 0.496 e. The Bertz CT molecular complexity index is 787. The first-order valence-electron chi connectivity index (χ1n) is 9.71. The third-order valence-electron chi connectivity index (χ3n) is 4.88. The SMILES string of the molecule is COc1ccccc1C1CNCCN1CC(=O)NCCOc1cccc(C)c1.Cl. The molecule has 1 aliphatic rings. The molecule has 3 rings (SSSR count). The third-order valence-corrected chi connectivity index (χ3v) is 4.88. The van der Waals surface area contributed by atoms with Gasteiger partial charge in [0.15, 0.2) is 0 Å². The van der Waals surface area contributed by atoms with Gasteiger partial charge in [0.1, 0.15) is 18.1 Å². The molecule has 1 amide bonds. The minimum absolute atomic E-state index is 0. The fourth-order valence-corrected chi connectivity index (χ4v) is 3.49. The predicted octanol–water partition coefficient (Wildman–Crippen LogP) is 2.57. The molecule has 0 saturated carbocycles. The van der Waals surface area contributed by atoms with Crippen LogP contribution in [-0.2, 0) is 4.79 Å². The summed E-state index contributed by atoms with van der Waals surface area (Å²) in [5.74, 6) is 1.69. The average Bonchev–Trinajstić information content (AvgIpc) is 2.72. The molecule has 1 heterocycles. The van der Waals surface area contributed by atoms with E-state index in [4.69, 9.17) is 9.47 Å². The van der Waals surface area contributed by atoms with Crippen LogP contribution in [-0.4, -0.2) is 57.2 Å². The Balaban J connectivity index is 0.00000300. The Morgan fingerprint density at radius 2 is 2.07 bits per heavy atom. The summed E-state index contributed by atoms with van der Waals surface area (Å²) in [6.45, 7) is 5.80. The molecule has 158 valence electrons. The first-order chi connectivity index (χ1) is 13.7. The minimum atomic E-state index is 0. The first kappa shape index (κ1) is 23.0. The van der Waals surface area contributed by atoms with Crippen molar-refractivity contribution >= 4 is 18.3 Å². The summed E-state index contributed by atoms with van der Waals surface area (Å²) in [4.78, 5) is 14.6. The van der Waals surface area contributed by atoms with E-state index in [-0.39, 0.29) is 24.4 Å². The van der Waals surface area contributed by atoms with Crippen molar-refractivity contribution in [3.63, 3.8) is 0 Å². The van der Waals surface area contributed by atoms with Gasteiger partial charge < -0.3 is 20.1 Å². The van der Waals surface area contributed by atoms with Crippen LogP contribution in [0.3, 0.4) is 0 Å². The minimum Gasteiger partial charge on any atom is -0.496 e. The lowest BCUT2D eigenvalue weighted by Gasteiger charge is -2.36. The highest BCUT2D eigenvalue weighted by molar-refractivity contribution is 5.85. The second-order valence-corrected chi connectivity index (χ2v) is 6.95. The van der Waals surface area contributed by atoms with Crippen LogP contribution in [0.4, 0.5) is 0 Å². The van der Waals surface area contributed by atoms with Gasteiger partial charge in [-0.15, -0.1) is 12.4 Å². The highest BCUT2D eigenvalue weighted by atomic mass is 35.5. The molecule has 0 radical (unpaired) electrons. The first-order valence-corrected chi connectivity index (χ1v) is 9.71. The highest BCUT2D eigenvalue weighted by Crippen LogP contribution is 2.29. The Hall–Kier alpha value is -2.28. The number of ether oxygens (including phenoxy) is 2. The summed E-state index contributed by atoms with van der Waals surface area (Å²) < 4.78 is 11.2. The molecule has 29 heavy (non-hydrogen) atoms. The van der Waals surface area contributed by atoms with Gasteiger partial charge in [-0.3, -0.25) is 9.69 Å². The predicted molar refractivity (Wildman–Crippen MR) is 117 cm³/mol. The topological polar surface area (TPSA) is 62.8 Å². The molecule has 2 aromatic carbocycles. The Morgan fingerprint density at radius 1 is 1.24 bits per heavy atom. The van der Waals surface area contributed by atoms with E-state index in [0.29, 0.717) is 19.7 Å². The third kappa shape index (κ3) is 6.63. The summed E-state index contributed by atoms with van der Waals surface area (Å²) in [7, 11) is 1.68. The average molecular weight is 420 g/mol. The smallest absolute Gasteiger partial charge is 0.234 e. The lowest BCUT2D eigenvalue weighted by Crippen LogP contribution is -2.49. The Labute approximate surface area is 179 Å². The zero-order valence-corrected chi connectivity index (χ0v) is 17.8. The van der Waals surface area contributed by atoms with Crippen LogP contribution in [0.1, 0.15) is 17.2 Å². The van der Waals surface area contributed by atoms with E-state index in [2.05, 4.69) is 21.6 Å². The zero-order valence-electron chi connectivity index (χ0n) is 17.0. The monoisotopic (exact) mass is 419 g/mol. The Kier molecular flexibility index (Phi) is 9.25. The summed E-state index contributed by atoms with van der Waals surface area (Å²) >= 11 is 0. The number of para-hydroxylation sites is 1. The van der Waals surface area contributed by atoms with Crippen LogP contribution < -0.4 is 20.1 Å². The van der Waals surface area contributed by atoms with Gasteiger partial charge in [0.2, 0.25) is 5.91 Å². The molecule has 0 bridgehead atoms. The number of carbonyl (C=O) groups is 1. The summed E-state index contributed by atoms with van der Waals surface area (Å²) in [6.07, 6.45) is 0. The highest BCUT2D eigenvalue weighted by Gasteiger charge is 2.27. The molecule has 0 spiro atoms. The quantitative estimate of drug-likeness (QED) is 0.644. The molecule has 2 aromatic rings. The van der Waals surface area contributed by atoms with Gasteiger partial charge >= 0.3 is 0 Å². The van der Waals surface area contributed by atoms with E-state index in [1.54, 1.807) is 7.11 Å². The van der Waals surface area contributed by atoms with Crippen molar-refractivity contribution in [1.82, 2.24) is 15.5 Å². The van der Waals surface area contributed by atoms with E-state index in [1.165, 1.54) is 0 Å². The maximum atomic E-state index is 12.4. The number of benzene rings is 2. The summed E-state index contributed by atoms with van der Waals surface area (Å²) in [5, 5.41) is 6.37. The van der Waals surface area contributed by atoms with Crippen molar-refractivity contribution in [2.45, 2.75) is 13.0 Å². The number of nitrogens with one attached hydrogen (secondary N) is 2. The second-order valence-electron chi connectivity index (χ2n) is 6.95. The van der Waals surface area contributed by atoms with Gasteiger partial charge in [-0.2, -0.15) is 0 Å². The molecular weight excluding hydrogens is 390 g/mol. The molecule has 1 unspecified atom stereocenters. The maximum Gasteiger partial charge on any atom is 0.234 e. The number of halogens is 1. The number of amides is 1. The van der Waals surface area contributed by atoms with Crippen molar-refractivity contribution < 1.29 is 14.3 Å². The van der Waals surface area contributed by atoms with Gasteiger partial charge in [-0.05, 0) is 30.7 Å². The van der Waals surface area contributed by atoms with Gasteiger partial charge in [0.05, 0.1) is 26.2 Å². The zero-order chi connectivity index (χ0) is 19.8. The van der Waals surface area contributed by atoms with Crippen LogP contribution in [0, 0.1) is 6.92 Å². The van der Waals surface area contributed by atoms with Crippen LogP contribution in [0.5, 0.6) is 11.5 Å². The number of aryl methyl sites for hydroxylation is 1. The van der Waals surface area contributed by atoms with Gasteiger partial charge in [-0.1, -0.05) is 30.3 Å². The second kappa shape index (κ2) is 11.7. The standard InChI is InChI=1S/C22H29N3O3.ClH/c1-17-6-5-7-18(14-17)28-13-11-24-22(26)16-25-12-10-23-15-20(25)19-8-3-4-9-21(19)27-2;/h3-9,14,20,23H,10-13,15-16H2,1-2H3,(H,24,26);1H. The van der Waals surface area contributed by atoms with Crippen molar-refractivity contribution in [2.75, 3.05) is 46.4 Å². The van der Waals surface area contributed by atoms with Gasteiger partial charge in [-0.25, -0.2) is 0 Å². The van der Waals surface area contributed by atoms with Crippen LogP contribution in [0.2, 0.25) is 0 Å². The number of piperazine rings is 1. The fraction of sp³-hybridized carbons (Fsp3) is 0.409. The van der Waals surface area contributed by atoms with Crippen molar-refractivity contribution in [2.24, 2.45) is 0 Å². The molecular formula is C22H30ClN3O3. The summed E-state index contributed by atoms with van der Waals surface area (Å²) in [6, 6.07) is 16.0. The van der Waals surface area contributed by atoms with Crippen LogP contribution in [0.25, 0.3) is 0 Å². The molecule has 2 N–H and O–H groups in total. The maximum absolute atomic E-state index is 12.4. The van der Waals surface area contributed by atoms with E-state index in [0.717, 1.165) is 42.3 Å². The summed E-state index contributed by atoms with van der Waals surface area (Å²) in [5.41, 5.74) is 2.26. The number of rotatable bonds is 8. The number of methoxy groups -OCH3 is 1. The molecule has 1 atom stereocenters. The number of hydrogen-bond donors (Lipinski definition) is 2. The Morgan fingerprint density at radius 3 is 2.86 bits per heavy atom. The number of hydrogen-bond acceptors (Lipinski definition) is 5. The lowest BCUT2D eigenvalue weighted by molar-refractivity contribution is -0.123. The molecule has 1 fully saturated rings. The lowest BCUT2D eigenvalue weighted by atomic mass is 10.0. The van der Waals surface area contributed by atoms with E-state index < -0.39 is 0 Å². The van der Waals surface area contributed by atoms with Crippen LogP contribution >= 0.6 is 12.4 Å². The van der Waals surface area contributed by atoms with Crippen molar-refractivity contribution in [3.8, 4) is 11.5 Å². The van der Waals surface area contributed by atoms with E-state index in [1.807, 2.05) is 49.4 Å². The van der Waals surface area contributed by atoms with E-state index >= 15 is 0 Å². The molecule has 1 saturated heterocycles. The normalized spacial score (nSPS) is 16.6. The molecule has 1 aliphatic heterocycles. The van der Waals surface area contributed by atoms with Crippen molar-refractivity contribution in [1.29, 1.82) is 0 Å². The van der Waals surface area contributed by atoms with Crippen LogP contribution in [0.15, 0.2) is 48.5 Å². The van der Waals surface area contributed by atoms with Gasteiger partial charge in [0, 0.05) is 25.2 Å². The molecule has 6 nitrogen and oxygen atoms in total.